The quantitative estimate of drug-likeness (QED) is 0.454. The number of rotatable bonds is 1. The van der Waals surface area contributed by atoms with E-state index < -0.39 is 22.4 Å². The molecule has 0 aliphatic rings. The average Bonchev–Trinajstić information content (AvgIpc) is 2.01. The van der Waals surface area contributed by atoms with Gasteiger partial charge >= 0.3 is 6.18 Å². The molecule has 0 saturated heterocycles. The van der Waals surface area contributed by atoms with Gasteiger partial charge in [-0.1, -0.05) is 0 Å². The summed E-state index contributed by atoms with van der Waals surface area (Å²) in [5.74, 6) is 0. The maximum Gasteiger partial charge on any atom is 0.424 e. The lowest BCUT2D eigenvalue weighted by Gasteiger charge is -2.06. The van der Waals surface area contributed by atoms with Crippen molar-refractivity contribution >= 4 is 28.3 Å². The summed E-state index contributed by atoms with van der Waals surface area (Å²) in [5.41, 5.74) is -2.28. The van der Waals surface area contributed by atoms with Crippen molar-refractivity contribution in [3.63, 3.8) is 0 Å². The number of alkyl halides is 3. The van der Waals surface area contributed by atoms with Gasteiger partial charge in [0.1, 0.15) is 3.57 Å². The minimum absolute atomic E-state index is 0.137. The van der Waals surface area contributed by atoms with Gasteiger partial charge in [0.25, 0.3) is 5.69 Å². The van der Waals surface area contributed by atoms with E-state index in [9.17, 15) is 23.3 Å². The van der Waals surface area contributed by atoms with Crippen LogP contribution in [-0.2, 0) is 6.18 Å². The molecular formula is C6H2F3IN2O2. The fourth-order valence-electron chi connectivity index (χ4n) is 0.821. The predicted molar refractivity (Wildman–Crippen MR) is 48.6 cm³/mol. The molecule has 8 heteroatoms. The van der Waals surface area contributed by atoms with E-state index >= 15 is 0 Å². The van der Waals surface area contributed by atoms with Crippen molar-refractivity contribution in [2.24, 2.45) is 0 Å². The Morgan fingerprint density at radius 3 is 2.36 bits per heavy atom. The van der Waals surface area contributed by atoms with Crippen molar-refractivity contribution in [3.05, 3.63) is 31.6 Å². The zero-order chi connectivity index (χ0) is 10.9. The highest BCUT2D eigenvalue weighted by Crippen LogP contribution is 2.37. The van der Waals surface area contributed by atoms with Gasteiger partial charge in [-0.2, -0.15) is 13.2 Å². The number of aromatic nitrogens is 1. The van der Waals surface area contributed by atoms with Gasteiger partial charge in [-0.25, -0.2) is 0 Å². The fourth-order valence-corrected chi connectivity index (χ4v) is 1.47. The number of hydrogen-bond donors (Lipinski definition) is 0. The van der Waals surface area contributed by atoms with E-state index in [1.807, 2.05) is 0 Å². The van der Waals surface area contributed by atoms with Gasteiger partial charge in [0.2, 0.25) is 0 Å². The van der Waals surface area contributed by atoms with Crippen LogP contribution in [0.2, 0.25) is 0 Å². The van der Waals surface area contributed by atoms with E-state index in [0.29, 0.717) is 6.20 Å². The molecule has 1 heterocycles. The van der Waals surface area contributed by atoms with Crippen molar-refractivity contribution in [2.45, 2.75) is 6.18 Å². The Morgan fingerprint density at radius 1 is 1.43 bits per heavy atom. The van der Waals surface area contributed by atoms with Gasteiger partial charge in [-0.15, -0.1) is 0 Å². The van der Waals surface area contributed by atoms with Gasteiger partial charge in [-0.3, -0.25) is 15.1 Å². The van der Waals surface area contributed by atoms with Gasteiger partial charge < -0.3 is 0 Å². The van der Waals surface area contributed by atoms with Crippen molar-refractivity contribution in [3.8, 4) is 0 Å². The highest BCUT2D eigenvalue weighted by Gasteiger charge is 2.39. The molecule has 0 aliphatic heterocycles. The average molecular weight is 318 g/mol. The van der Waals surface area contributed by atoms with Crippen molar-refractivity contribution < 1.29 is 18.1 Å². The van der Waals surface area contributed by atoms with E-state index in [2.05, 4.69) is 4.98 Å². The second kappa shape index (κ2) is 3.67. The molecule has 0 aromatic carbocycles. The monoisotopic (exact) mass is 318 g/mol. The third kappa shape index (κ3) is 2.11. The van der Waals surface area contributed by atoms with Crippen LogP contribution in [0.15, 0.2) is 12.4 Å². The van der Waals surface area contributed by atoms with Crippen LogP contribution in [-0.4, -0.2) is 9.91 Å². The SMILES string of the molecule is O=[N+]([O-])c1c(I)cncc1C(F)(F)F. The molecule has 1 aromatic heterocycles. The normalized spacial score (nSPS) is 11.4. The number of hydrogen-bond acceptors (Lipinski definition) is 3. The fraction of sp³-hybridized carbons (Fsp3) is 0.167. The Kier molecular flexibility index (Phi) is 2.92. The van der Waals surface area contributed by atoms with E-state index in [1.165, 1.54) is 22.6 Å². The van der Waals surface area contributed by atoms with E-state index in [4.69, 9.17) is 0 Å². The zero-order valence-corrected chi connectivity index (χ0v) is 8.53. The lowest BCUT2D eigenvalue weighted by Crippen LogP contribution is -2.10. The molecule has 0 N–H and O–H groups in total. The Morgan fingerprint density at radius 2 is 2.00 bits per heavy atom. The number of nitro groups is 1. The molecule has 0 unspecified atom stereocenters. The summed E-state index contributed by atoms with van der Waals surface area (Å²) in [6.45, 7) is 0. The zero-order valence-electron chi connectivity index (χ0n) is 6.38. The summed E-state index contributed by atoms with van der Waals surface area (Å²) >= 11 is 1.44. The maximum absolute atomic E-state index is 12.2. The molecule has 14 heavy (non-hydrogen) atoms. The molecule has 0 saturated carbocycles. The molecule has 0 atom stereocenters. The first-order valence-electron chi connectivity index (χ1n) is 3.19. The molecule has 0 fully saturated rings. The number of halogens is 4. The topological polar surface area (TPSA) is 56.0 Å². The van der Waals surface area contributed by atoms with Crippen molar-refractivity contribution in [1.29, 1.82) is 0 Å². The molecule has 0 radical (unpaired) electrons. The van der Waals surface area contributed by atoms with Gasteiger partial charge in [-0.05, 0) is 22.6 Å². The van der Waals surface area contributed by atoms with Crippen LogP contribution in [0.25, 0.3) is 0 Å². The molecule has 1 aromatic rings. The molecule has 0 aliphatic carbocycles. The van der Waals surface area contributed by atoms with Crippen LogP contribution in [0.1, 0.15) is 5.56 Å². The summed E-state index contributed by atoms with van der Waals surface area (Å²) in [4.78, 5) is 12.6. The predicted octanol–water partition coefficient (Wildman–Crippen LogP) is 2.61. The molecule has 0 bridgehead atoms. The molecule has 4 nitrogen and oxygen atoms in total. The standard InChI is InChI=1S/C6H2F3IN2O2/c7-6(8,9)3-1-11-2-4(10)5(3)12(13)14/h1-2H. The highest BCUT2D eigenvalue weighted by molar-refractivity contribution is 14.1. The molecule has 76 valence electrons. The summed E-state index contributed by atoms with van der Waals surface area (Å²) in [7, 11) is 0. The molecule has 1 rings (SSSR count). The second-order valence-corrected chi connectivity index (χ2v) is 3.43. The third-order valence-electron chi connectivity index (χ3n) is 1.36. The lowest BCUT2D eigenvalue weighted by atomic mass is 10.2. The minimum atomic E-state index is -4.75. The first kappa shape index (κ1) is 11.1. The largest absolute Gasteiger partial charge is 0.424 e. The van der Waals surface area contributed by atoms with Crippen molar-refractivity contribution in [1.82, 2.24) is 4.98 Å². The highest BCUT2D eigenvalue weighted by atomic mass is 127. The van der Waals surface area contributed by atoms with E-state index in [1.54, 1.807) is 0 Å². The van der Waals surface area contributed by atoms with Crippen LogP contribution in [0.4, 0.5) is 18.9 Å². The Bertz CT molecular complexity index is 380. The first-order valence-corrected chi connectivity index (χ1v) is 4.27. The van der Waals surface area contributed by atoms with E-state index in [-0.39, 0.29) is 3.57 Å². The van der Waals surface area contributed by atoms with Crippen LogP contribution in [0.5, 0.6) is 0 Å². The number of nitrogens with zero attached hydrogens (tertiary/aromatic N) is 2. The van der Waals surface area contributed by atoms with Gasteiger partial charge in [0.05, 0.1) is 4.92 Å². The van der Waals surface area contributed by atoms with Crippen LogP contribution >= 0.6 is 22.6 Å². The Hall–Kier alpha value is -0.930. The first-order chi connectivity index (χ1) is 6.34. The maximum atomic E-state index is 12.2. The van der Waals surface area contributed by atoms with E-state index in [0.717, 1.165) is 6.20 Å². The summed E-state index contributed by atoms with van der Waals surface area (Å²) in [6.07, 6.45) is -3.30. The van der Waals surface area contributed by atoms with Crippen LogP contribution in [0.3, 0.4) is 0 Å². The summed E-state index contributed by atoms with van der Waals surface area (Å²) < 4.78 is 36.6. The summed E-state index contributed by atoms with van der Waals surface area (Å²) in [6, 6.07) is 0. The van der Waals surface area contributed by atoms with Gasteiger partial charge in [0, 0.05) is 12.4 Å². The smallest absolute Gasteiger partial charge is 0.262 e. The van der Waals surface area contributed by atoms with Gasteiger partial charge in [0.15, 0.2) is 5.56 Å². The van der Waals surface area contributed by atoms with Crippen LogP contribution in [0, 0.1) is 13.7 Å². The third-order valence-corrected chi connectivity index (χ3v) is 2.15. The Balaban J connectivity index is 3.44. The number of pyridine rings is 1. The molecule has 0 spiro atoms. The second-order valence-electron chi connectivity index (χ2n) is 2.27. The minimum Gasteiger partial charge on any atom is -0.262 e. The lowest BCUT2D eigenvalue weighted by molar-refractivity contribution is -0.389. The summed E-state index contributed by atoms with van der Waals surface area (Å²) in [5, 5.41) is 10.4. The Labute approximate surface area is 89.4 Å². The van der Waals surface area contributed by atoms with Crippen LogP contribution < -0.4 is 0 Å². The molecular weight excluding hydrogens is 316 g/mol. The van der Waals surface area contributed by atoms with Crippen molar-refractivity contribution in [2.75, 3.05) is 0 Å². The molecule has 0 amide bonds.